The van der Waals surface area contributed by atoms with Gasteiger partial charge in [-0.3, -0.25) is 4.79 Å². The summed E-state index contributed by atoms with van der Waals surface area (Å²) in [5, 5.41) is 2.84. The molecule has 0 bridgehead atoms. The predicted octanol–water partition coefficient (Wildman–Crippen LogP) is 2.20. The van der Waals surface area contributed by atoms with Crippen LogP contribution in [-0.4, -0.2) is 61.4 Å². The zero-order valence-corrected chi connectivity index (χ0v) is 18.1. The quantitative estimate of drug-likeness (QED) is 0.663. The minimum absolute atomic E-state index is 0.189. The van der Waals surface area contributed by atoms with E-state index in [4.69, 9.17) is 14.2 Å². The van der Waals surface area contributed by atoms with Crippen LogP contribution in [0.2, 0.25) is 0 Å². The number of hydrogen-bond acceptors (Lipinski definition) is 7. The number of rotatable bonds is 8. The van der Waals surface area contributed by atoms with Gasteiger partial charge < -0.3 is 24.4 Å². The molecule has 3 rings (SSSR count). The van der Waals surface area contributed by atoms with Gasteiger partial charge in [0.05, 0.1) is 19.8 Å². The first kappa shape index (κ1) is 21.8. The summed E-state index contributed by atoms with van der Waals surface area (Å²) in [4.78, 5) is 23.3. The van der Waals surface area contributed by atoms with Crippen molar-refractivity contribution >= 4 is 11.7 Å². The molecule has 162 valence electrons. The molecule has 1 fully saturated rings. The van der Waals surface area contributed by atoms with Crippen molar-refractivity contribution in [3.8, 4) is 11.6 Å². The van der Waals surface area contributed by atoms with Gasteiger partial charge in [-0.15, -0.1) is 0 Å². The van der Waals surface area contributed by atoms with Crippen molar-refractivity contribution in [1.82, 2.24) is 15.3 Å². The lowest BCUT2D eigenvalue weighted by Gasteiger charge is -2.28. The molecule has 1 aliphatic heterocycles. The minimum atomic E-state index is -0.597. The lowest BCUT2D eigenvalue weighted by Crippen LogP contribution is -2.38. The van der Waals surface area contributed by atoms with E-state index in [1.165, 1.54) is 0 Å². The summed E-state index contributed by atoms with van der Waals surface area (Å²) in [7, 11) is 0. The Labute approximate surface area is 177 Å². The van der Waals surface area contributed by atoms with E-state index in [1.807, 2.05) is 39.0 Å². The SMILES string of the molecule is Cc1cc(C)cc(OC(C)C(=O)NCCOc2cc(N3CCOCC3)nc(C)n2)c1. The number of aromatic nitrogens is 2. The van der Waals surface area contributed by atoms with Crippen molar-refractivity contribution in [2.45, 2.75) is 33.8 Å². The van der Waals surface area contributed by atoms with Crippen molar-refractivity contribution in [3.63, 3.8) is 0 Å². The van der Waals surface area contributed by atoms with Gasteiger partial charge in [-0.1, -0.05) is 6.07 Å². The highest BCUT2D eigenvalue weighted by molar-refractivity contribution is 5.80. The maximum Gasteiger partial charge on any atom is 0.260 e. The summed E-state index contributed by atoms with van der Waals surface area (Å²) in [6.45, 7) is 11.2. The van der Waals surface area contributed by atoms with Crippen LogP contribution in [0.5, 0.6) is 11.6 Å². The first-order valence-corrected chi connectivity index (χ1v) is 10.2. The average Bonchev–Trinajstić information content (AvgIpc) is 2.70. The first-order chi connectivity index (χ1) is 14.4. The zero-order valence-electron chi connectivity index (χ0n) is 18.1. The van der Waals surface area contributed by atoms with Crippen LogP contribution in [0.25, 0.3) is 0 Å². The third kappa shape index (κ3) is 6.32. The number of benzene rings is 1. The highest BCUT2D eigenvalue weighted by Gasteiger charge is 2.16. The molecule has 1 amide bonds. The summed E-state index contributed by atoms with van der Waals surface area (Å²) in [5.41, 5.74) is 2.20. The number of anilines is 1. The van der Waals surface area contributed by atoms with Gasteiger partial charge in [0.2, 0.25) is 5.88 Å². The zero-order chi connectivity index (χ0) is 21.5. The van der Waals surface area contributed by atoms with Gasteiger partial charge in [0.15, 0.2) is 6.10 Å². The van der Waals surface area contributed by atoms with Gasteiger partial charge >= 0.3 is 0 Å². The monoisotopic (exact) mass is 414 g/mol. The number of carbonyl (C=O) groups excluding carboxylic acids is 1. The van der Waals surface area contributed by atoms with Crippen molar-refractivity contribution in [2.24, 2.45) is 0 Å². The van der Waals surface area contributed by atoms with Crippen molar-refractivity contribution < 1.29 is 19.0 Å². The second kappa shape index (κ2) is 10.2. The number of carbonyl (C=O) groups is 1. The molecule has 8 nitrogen and oxygen atoms in total. The van der Waals surface area contributed by atoms with Crippen LogP contribution in [0.15, 0.2) is 24.3 Å². The van der Waals surface area contributed by atoms with Crippen LogP contribution >= 0.6 is 0 Å². The standard InChI is InChI=1S/C22H30N4O4/c1-15-11-16(2)13-19(12-15)30-17(3)22(27)23-5-8-29-21-14-20(24-18(4)25-21)26-6-9-28-10-7-26/h11-14,17H,5-10H2,1-4H3,(H,23,27). The Kier molecular flexibility index (Phi) is 7.46. The van der Waals surface area contributed by atoms with Crippen molar-refractivity contribution in [2.75, 3.05) is 44.4 Å². The molecule has 30 heavy (non-hydrogen) atoms. The number of hydrogen-bond donors (Lipinski definition) is 1. The van der Waals surface area contributed by atoms with E-state index in [0.717, 1.165) is 30.0 Å². The molecule has 1 aromatic carbocycles. The molecule has 1 saturated heterocycles. The Hall–Kier alpha value is -2.87. The number of aryl methyl sites for hydroxylation is 3. The third-order valence-electron chi connectivity index (χ3n) is 4.66. The van der Waals surface area contributed by atoms with E-state index in [2.05, 4.69) is 26.3 Å². The Morgan fingerprint density at radius 3 is 2.53 bits per heavy atom. The number of ether oxygens (including phenoxy) is 3. The molecular formula is C22H30N4O4. The fraction of sp³-hybridized carbons (Fsp3) is 0.500. The Morgan fingerprint density at radius 1 is 1.13 bits per heavy atom. The smallest absolute Gasteiger partial charge is 0.260 e. The van der Waals surface area contributed by atoms with Crippen LogP contribution in [0.4, 0.5) is 5.82 Å². The van der Waals surface area contributed by atoms with Gasteiger partial charge in [-0.05, 0) is 51.0 Å². The van der Waals surface area contributed by atoms with Crippen molar-refractivity contribution in [3.05, 3.63) is 41.2 Å². The van der Waals surface area contributed by atoms with E-state index in [1.54, 1.807) is 6.92 Å². The first-order valence-electron chi connectivity index (χ1n) is 10.2. The summed E-state index contributed by atoms with van der Waals surface area (Å²) >= 11 is 0. The van der Waals surface area contributed by atoms with Crippen LogP contribution in [0.3, 0.4) is 0 Å². The van der Waals surface area contributed by atoms with E-state index >= 15 is 0 Å². The molecule has 2 aromatic rings. The van der Waals surface area contributed by atoms with Crippen LogP contribution in [0.1, 0.15) is 23.9 Å². The lowest BCUT2D eigenvalue weighted by molar-refractivity contribution is -0.127. The number of amides is 1. The second-order valence-electron chi connectivity index (χ2n) is 7.43. The molecule has 0 saturated carbocycles. The molecule has 1 aliphatic rings. The third-order valence-corrected chi connectivity index (χ3v) is 4.66. The lowest BCUT2D eigenvalue weighted by atomic mass is 10.1. The van der Waals surface area contributed by atoms with E-state index in [9.17, 15) is 4.79 Å². The van der Waals surface area contributed by atoms with E-state index < -0.39 is 6.10 Å². The molecule has 1 aromatic heterocycles. The summed E-state index contributed by atoms with van der Waals surface area (Å²) < 4.78 is 16.9. The molecular weight excluding hydrogens is 384 g/mol. The second-order valence-corrected chi connectivity index (χ2v) is 7.43. The van der Waals surface area contributed by atoms with E-state index in [-0.39, 0.29) is 5.91 Å². The van der Waals surface area contributed by atoms with Gasteiger partial charge in [-0.2, -0.15) is 4.98 Å². The fourth-order valence-corrected chi connectivity index (χ4v) is 3.29. The number of nitrogens with one attached hydrogen (secondary N) is 1. The van der Waals surface area contributed by atoms with Crippen LogP contribution in [0, 0.1) is 20.8 Å². The van der Waals surface area contributed by atoms with Gasteiger partial charge in [-0.25, -0.2) is 4.98 Å². The van der Waals surface area contributed by atoms with Crippen LogP contribution in [-0.2, 0) is 9.53 Å². The fourth-order valence-electron chi connectivity index (χ4n) is 3.29. The van der Waals surface area contributed by atoms with Gasteiger partial charge in [0.1, 0.15) is 24.0 Å². The summed E-state index contributed by atoms with van der Waals surface area (Å²) in [6, 6.07) is 7.73. The molecule has 8 heteroatoms. The average molecular weight is 415 g/mol. The maximum atomic E-state index is 12.3. The topological polar surface area (TPSA) is 85.8 Å². The molecule has 0 spiro atoms. The summed E-state index contributed by atoms with van der Waals surface area (Å²) in [5.74, 6) is 2.48. The predicted molar refractivity (Wildman–Crippen MR) is 114 cm³/mol. The van der Waals surface area contributed by atoms with Crippen molar-refractivity contribution in [1.29, 1.82) is 0 Å². The number of nitrogens with zero attached hydrogens (tertiary/aromatic N) is 3. The van der Waals surface area contributed by atoms with E-state index in [0.29, 0.717) is 43.8 Å². The molecule has 1 N–H and O–H groups in total. The molecule has 2 heterocycles. The maximum absolute atomic E-state index is 12.3. The molecule has 1 unspecified atom stereocenters. The normalized spacial score (nSPS) is 14.9. The molecule has 0 radical (unpaired) electrons. The summed E-state index contributed by atoms with van der Waals surface area (Å²) in [6.07, 6.45) is -0.597. The Bertz CT molecular complexity index is 848. The minimum Gasteiger partial charge on any atom is -0.481 e. The van der Waals surface area contributed by atoms with Gasteiger partial charge in [0, 0.05) is 19.2 Å². The van der Waals surface area contributed by atoms with Crippen LogP contribution < -0.4 is 19.7 Å². The molecule has 0 aliphatic carbocycles. The van der Waals surface area contributed by atoms with Gasteiger partial charge in [0.25, 0.3) is 5.91 Å². The largest absolute Gasteiger partial charge is 0.481 e. The Balaban J connectivity index is 1.46. The number of morpholine rings is 1. The Morgan fingerprint density at radius 2 is 1.83 bits per heavy atom. The highest BCUT2D eigenvalue weighted by Crippen LogP contribution is 2.19. The molecule has 1 atom stereocenters. The highest BCUT2D eigenvalue weighted by atomic mass is 16.5.